The Bertz CT molecular complexity index is 187. The van der Waals surface area contributed by atoms with Crippen molar-refractivity contribution in [2.75, 3.05) is 26.7 Å². The lowest BCUT2D eigenvalue weighted by Gasteiger charge is -2.20. The zero-order valence-electron chi connectivity index (χ0n) is 13.7. The molecule has 1 heterocycles. The van der Waals surface area contributed by atoms with Crippen LogP contribution in [0.2, 0.25) is 0 Å². The van der Waals surface area contributed by atoms with Crippen LogP contribution in [0.4, 0.5) is 8.78 Å². The fourth-order valence-electron chi connectivity index (χ4n) is 2.03. The maximum atomic E-state index is 12.9. The van der Waals surface area contributed by atoms with E-state index in [1.807, 2.05) is 34.7 Å². The van der Waals surface area contributed by atoms with Crippen LogP contribution in [-0.4, -0.2) is 43.5 Å². The average molecular weight is 280 g/mol. The highest BCUT2D eigenvalue weighted by molar-refractivity contribution is 4.88. The second-order valence-corrected chi connectivity index (χ2v) is 4.61. The van der Waals surface area contributed by atoms with E-state index in [9.17, 15) is 8.78 Å². The van der Waals surface area contributed by atoms with Crippen molar-refractivity contribution < 1.29 is 8.78 Å². The third kappa shape index (κ3) is 11.3. The Kier molecular flexibility index (Phi) is 14.2. The van der Waals surface area contributed by atoms with Crippen LogP contribution < -0.4 is 5.32 Å². The van der Waals surface area contributed by atoms with Gasteiger partial charge in [0.1, 0.15) is 0 Å². The molecule has 1 fully saturated rings. The lowest BCUT2D eigenvalue weighted by Crippen LogP contribution is -2.35. The van der Waals surface area contributed by atoms with Crippen molar-refractivity contribution >= 4 is 0 Å². The monoisotopic (exact) mass is 280 g/mol. The Morgan fingerprint density at radius 3 is 2.16 bits per heavy atom. The van der Waals surface area contributed by atoms with Crippen LogP contribution in [-0.2, 0) is 0 Å². The van der Waals surface area contributed by atoms with Crippen molar-refractivity contribution in [1.82, 2.24) is 10.2 Å². The predicted octanol–water partition coefficient (Wildman–Crippen LogP) is 4.16. The number of nitrogens with one attached hydrogen (secondary N) is 1. The van der Waals surface area contributed by atoms with Crippen molar-refractivity contribution in [3.8, 4) is 0 Å². The van der Waals surface area contributed by atoms with E-state index in [0.717, 1.165) is 19.5 Å². The van der Waals surface area contributed by atoms with E-state index in [-0.39, 0.29) is 19.0 Å². The van der Waals surface area contributed by atoms with Gasteiger partial charge in [-0.3, -0.25) is 0 Å². The molecule has 0 aromatic heterocycles. The minimum absolute atomic E-state index is 0.00881. The van der Waals surface area contributed by atoms with Gasteiger partial charge in [0.25, 0.3) is 5.92 Å². The number of hydrogen-bond donors (Lipinski definition) is 1. The van der Waals surface area contributed by atoms with E-state index >= 15 is 0 Å². The molecule has 2 nitrogen and oxygen atoms in total. The first-order valence-electron chi connectivity index (χ1n) is 7.83. The van der Waals surface area contributed by atoms with E-state index in [4.69, 9.17) is 0 Å². The largest absolute Gasteiger partial charge is 0.307 e. The van der Waals surface area contributed by atoms with Crippen LogP contribution in [0.1, 0.15) is 60.3 Å². The van der Waals surface area contributed by atoms with Gasteiger partial charge in [0.05, 0.1) is 6.54 Å². The van der Waals surface area contributed by atoms with Crippen LogP contribution in [0.3, 0.4) is 0 Å². The maximum Gasteiger partial charge on any atom is 0.261 e. The first kappa shape index (κ1) is 21.1. The van der Waals surface area contributed by atoms with Crippen molar-refractivity contribution in [2.24, 2.45) is 0 Å². The molecule has 0 amide bonds. The summed E-state index contributed by atoms with van der Waals surface area (Å²) < 4.78 is 25.7. The van der Waals surface area contributed by atoms with Gasteiger partial charge >= 0.3 is 0 Å². The third-order valence-electron chi connectivity index (χ3n) is 2.87. The van der Waals surface area contributed by atoms with Crippen molar-refractivity contribution in [3.63, 3.8) is 0 Å². The fourth-order valence-corrected chi connectivity index (χ4v) is 2.03. The molecule has 0 aromatic carbocycles. The molecule has 19 heavy (non-hydrogen) atoms. The van der Waals surface area contributed by atoms with Gasteiger partial charge in [0.2, 0.25) is 0 Å². The Morgan fingerprint density at radius 2 is 1.74 bits per heavy atom. The Balaban J connectivity index is 0. The van der Waals surface area contributed by atoms with Crippen LogP contribution >= 0.6 is 0 Å². The summed E-state index contributed by atoms with van der Waals surface area (Å²) in [5.74, 6) is -2.49. The summed E-state index contributed by atoms with van der Waals surface area (Å²) in [7, 11) is 2.01. The molecular formula is C15H34F2N2. The second kappa shape index (κ2) is 12.8. The number of nitrogens with zero attached hydrogens (tertiary/aromatic N) is 1. The van der Waals surface area contributed by atoms with Crippen LogP contribution in [0.15, 0.2) is 0 Å². The Morgan fingerprint density at radius 1 is 1.16 bits per heavy atom. The molecule has 0 radical (unpaired) electrons. The summed E-state index contributed by atoms with van der Waals surface area (Å²) in [6, 6.07) is -0.0355. The minimum Gasteiger partial charge on any atom is -0.307 e. The smallest absolute Gasteiger partial charge is 0.261 e. The van der Waals surface area contributed by atoms with E-state index in [1.165, 1.54) is 12.8 Å². The molecule has 0 saturated carbocycles. The number of alkyl halides is 2. The summed E-state index contributed by atoms with van der Waals surface area (Å²) in [6.45, 7) is 11.8. The highest BCUT2D eigenvalue weighted by Crippen LogP contribution is 2.25. The fraction of sp³-hybridized carbons (Fsp3) is 1.00. The van der Waals surface area contributed by atoms with Gasteiger partial charge in [0, 0.05) is 19.0 Å². The highest BCUT2D eigenvalue weighted by Gasteiger charge is 2.39. The molecule has 4 heteroatoms. The molecule has 0 spiro atoms. The summed E-state index contributed by atoms with van der Waals surface area (Å²) in [5, 5.41) is 2.88. The predicted molar refractivity (Wildman–Crippen MR) is 81.1 cm³/mol. The lowest BCUT2D eigenvalue weighted by molar-refractivity contribution is 0.0202. The van der Waals surface area contributed by atoms with Gasteiger partial charge in [-0.25, -0.2) is 8.78 Å². The summed E-state index contributed by atoms with van der Waals surface area (Å²) in [6.07, 6.45) is 3.58. The SMILES string of the molecule is CC.CC.CCCCCN(C)CC1CC(F)(F)CN1. The molecule has 1 aliphatic heterocycles. The molecule has 1 atom stereocenters. The highest BCUT2D eigenvalue weighted by atomic mass is 19.3. The van der Waals surface area contributed by atoms with Gasteiger partial charge < -0.3 is 10.2 Å². The second-order valence-electron chi connectivity index (χ2n) is 4.61. The normalized spacial score (nSPS) is 20.4. The van der Waals surface area contributed by atoms with Crippen LogP contribution in [0, 0.1) is 0 Å². The summed E-state index contributed by atoms with van der Waals surface area (Å²) in [4.78, 5) is 2.15. The molecular weight excluding hydrogens is 246 g/mol. The van der Waals surface area contributed by atoms with Crippen LogP contribution in [0.5, 0.6) is 0 Å². The molecule has 1 N–H and O–H groups in total. The zero-order chi connectivity index (χ0) is 15.3. The van der Waals surface area contributed by atoms with E-state index in [1.54, 1.807) is 0 Å². The van der Waals surface area contributed by atoms with E-state index in [0.29, 0.717) is 0 Å². The topological polar surface area (TPSA) is 15.3 Å². The maximum absolute atomic E-state index is 12.9. The van der Waals surface area contributed by atoms with E-state index < -0.39 is 5.92 Å². The molecule has 0 bridgehead atoms. The van der Waals surface area contributed by atoms with Crippen LogP contribution in [0.25, 0.3) is 0 Å². The third-order valence-corrected chi connectivity index (χ3v) is 2.87. The molecule has 1 saturated heterocycles. The first-order chi connectivity index (χ1) is 9.03. The number of rotatable bonds is 6. The standard InChI is InChI=1S/C11H22F2N2.2C2H6/c1-3-4-5-6-15(2)8-10-7-11(12,13)9-14-10;2*1-2/h10,14H,3-9H2,1-2H3;2*1-2H3. The average Bonchev–Trinajstić information content (AvgIpc) is 2.74. The van der Waals surface area contributed by atoms with Gasteiger partial charge in [-0.15, -0.1) is 0 Å². The lowest BCUT2D eigenvalue weighted by atomic mass is 10.2. The summed E-state index contributed by atoms with van der Waals surface area (Å²) >= 11 is 0. The Labute approximate surface area is 118 Å². The molecule has 1 aliphatic rings. The number of halogens is 2. The van der Waals surface area contributed by atoms with Crippen molar-refractivity contribution in [3.05, 3.63) is 0 Å². The van der Waals surface area contributed by atoms with Gasteiger partial charge in [0.15, 0.2) is 0 Å². The van der Waals surface area contributed by atoms with Crippen molar-refractivity contribution in [2.45, 2.75) is 72.3 Å². The van der Waals surface area contributed by atoms with Gasteiger partial charge in [-0.1, -0.05) is 47.5 Å². The zero-order valence-corrected chi connectivity index (χ0v) is 13.7. The quantitative estimate of drug-likeness (QED) is 0.735. The molecule has 118 valence electrons. The minimum atomic E-state index is -2.49. The Hall–Kier alpha value is -0.220. The van der Waals surface area contributed by atoms with Crippen molar-refractivity contribution in [1.29, 1.82) is 0 Å². The van der Waals surface area contributed by atoms with Gasteiger partial charge in [-0.2, -0.15) is 0 Å². The summed E-state index contributed by atoms with van der Waals surface area (Å²) in [5.41, 5.74) is 0. The van der Waals surface area contributed by atoms with Gasteiger partial charge in [-0.05, 0) is 20.0 Å². The molecule has 1 rings (SSSR count). The van der Waals surface area contributed by atoms with E-state index in [2.05, 4.69) is 17.1 Å². The molecule has 0 aliphatic carbocycles. The first-order valence-corrected chi connectivity index (χ1v) is 7.83. The molecule has 0 aromatic rings. The number of hydrogen-bond acceptors (Lipinski definition) is 2. The number of likely N-dealkylation sites (N-methyl/N-ethyl adjacent to an activating group) is 1. The molecule has 1 unspecified atom stereocenters. The number of unbranched alkanes of at least 4 members (excludes halogenated alkanes) is 2.